The number of hydrogen-bond acceptors (Lipinski definition) is 6. The van der Waals surface area contributed by atoms with Gasteiger partial charge in [0.25, 0.3) is 10.0 Å². The molecule has 9 heteroatoms. The van der Waals surface area contributed by atoms with Gasteiger partial charge in [0.1, 0.15) is 5.75 Å². The van der Waals surface area contributed by atoms with Crippen molar-refractivity contribution in [2.45, 2.75) is 25.7 Å². The summed E-state index contributed by atoms with van der Waals surface area (Å²) in [7, 11) is -3.77. The van der Waals surface area contributed by atoms with Crippen molar-refractivity contribution in [1.82, 2.24) is 9.97 Å². The fourth-order valence-electron chi connectivity index (χ4n) is 2.57. The number of aromatic nitrogens is 2. The van der Waals surface area contributed by atoms with E-state index in [-0.39, 0.29) is 16.8 Å². The van der Waals surface area contributed by atoms with E-state index in [2.05, 4.69) is 20.0 Å². The summed E-state index contributed by atoms with van der Waals surface area (Å²) >= 11 is 0. The van der Waals surface area contributed by atoms with Crippen molar-refractivity contribution in [3.63, 3.8) is 0 Å². The predicted octanol–water partition coefficient (Wildman–Crippen LogP) is 3.64. The highest BCUT2D eigenvalue weighted by molar-refractivity contribution is 7.92. The van der Waals surface area contributed by atoms with Crippen LogP contribution in [0.5, 0.6) is 11.8 Å². The highest BCUT2D eigenvalue weighted by Crippen LogP contribution is 2.23. The Balaban J connectivity index is 1.70. The summed E-state index contributed by atoms with van der Waals surface area (Å²) in [6, 6.07) is 14.4. The number of nitrogens with one attached hydrogen (secondary N) is 2. The van der Waals surface area contributed by atoms with Crippen molar-refractivity contribution in [2.75, 3.05) is 10.0 Å². The summed E-state index contributed by atoms with van der Waals surface area (Å²) in [6.07, 6.45) is 0. The van der Waals surface area contributed by atoms with E-state index in [1.807, 2.05) is 19.9 Å². The number of sulfonamides is 1. The van der Waals surface area contributed by atoms with Gasteiger partial charge in [0.2, 0.25) is 5.91 Å². The fraction of sp³-hybridized carbons (Fsp3) is 0.150. The molecular weight excluding hydrogens is 392 g/mol. The number of ether oxygens (including phenoxy) is 1. The quantitative estimate of drug-likeness (QED) is 0.639. The van der Waals surface area contributed by atoms with Crippen LogP contribution in [-0.2, 0) is 14.8 Å². The van der Waals surface area contributed by atoms with Gasteiger partial charge in [-0.1, -0.05) is 0 Å². The average molecular weight is 412 g/mol. The molecule has 8 nitrogen and oxygen atoms in total. The Morgan fingerprint density at radius 3 is 2.00 bits per heavy atom. The third-order valence-electron chi connectivity index (χ3n) is 3.76. The van der Waals surface area contributed by atoms with Crippen LogP contribution in [0.3, 0.4) is 0 Å². The lowest BCUT2D eigenvalue weighted by molar-refractivity contribution is -0.114. The molecule has 0 atom stereocenters. The van der Waals surface area contributed by atoms with Crippen molar-refractivity contribution in [2.24, 2.45) is 0 Å². The molecule has 2 N–H and O–H groups in total. The maximum Gasteiger partial charge on any atom is 0.322 e. The Bertz CT molecular complexity index is 1110. The van der Waals surface area contributed by atoms with Gasteiger partial charge in [-0.3, -0.25) is 9.52 Å². The smallest absolute Gasteiger partial charge is 0.322 e. The van der Waals surface area contributed by atoms with Crippen molar-refractivity contribution in [3.8, 4) is 11.8 Å². The first-order valence-electron chi connectivity index (χ1n) is 8.72. The third-order valence-corrected chi connectivity index (χ3v) is 5.16. The minimum Gasteiger partial charge on any atom is -0.424 e. The molecule has 2 aromatic carbocycles. The second kappa shape index (κ2) is 8.27. The molecule has 0 unspecified atom stereocenters. The number of hydrogen-bond donors (Lipinski definition) is 2. The van der Waals surface area contributed by atoms with E-state index >= 15 is 0 Å². The van der Waals surface area contributed by atoms with Crippen LogP contribution in [0.1, 0.15) is 18.3 Å². The van der Waals surface area contributed by atoms with Crippen LogP contribution in [-0.4, -0.2) is 24.3 Å². The first-order valence-corrected chi connectivity index (χ1v) is 10.2. The molecule has 0 saturated carbocycles. The van der Waals surface area contributed by atoms with Gasteiger partial charge in [-0.15, -0.1) is 0 Å². The normalized spacial score (nSPS) is 11.0. The molecule has 150 valence electrons. The molecule has 0 radical (unpaired) electrons. The number of benzene rings is 2. The minimum atomic E-state index is -3.77. The van der Waals surface area contributed by atoms with E-state index < -0.39 is 10.0 Å². The third kappa shape index (κ3) is 5.52. The number of carbonyl (C=O) groups excluding carboxylic acids is 1. The standard InChI is InChI=1S/C20H20N4O4S/c1-13-12-14(2)22-20(21-13)28-18-8-4-17(5-9-18)24-29(26,27)19-10-6-16(7-11-19)23-15(3)25/h4-12,24H,1-3H3,(H,23,25). The van der Waals surface area contributed by atoms with Crippen LogP contribution >= 0.6 is 0 Å². The van der Waals surface area contributed by atoms with Gasteiger partial charge in [-0.25, -0.2) is 18.4 Å². The first-order chi connectivity index (χ1) is 13.7. The molecule has 0 aliphatic rings. The molecule has 0 aliphatic heterocycles. The molecule has 0 bridgehead atoms. The van der Waals surface area contributed by atoms with Crippen molar-refractivity contribution >= 4 is 27.3 Å². The number of amides is 1. The highest BCUT2D eigenvalue weighted by atomic mass is 32.2. The molecule has 29 heavy (non-hydrogen) atoms. The highest BCUT2D eigenvalue weighted by Gasteiger charge is 2.14. The Kier molecular flexibility index (Phi) is 5.79. The zero-order valence-electron chi connectivity index (χ0n) is 16.1. The summed E-state index contributed by atoms with van der Waals surface area (Å²) in [4.78, 5) is 19.5. The van der Waals surface area contributed by atoms with Crippen LogP contribution in [0.25, 0.3) is 0 Å². The van der Waals surface area contributed by atoms with Crippen molar-refractivity contribution < 1.29 is 17.9 Å². The van der Waals surface area contributed by atoms with E-state index in [0.717, 1.165) is 11.4 Å². The summed E-state index contributed by atoms with van der Waals surface area (Å²) in [5.41, 5.74) is 2.49. The number of aryl methyl sites for hydroxylation is 2. The van der Waals surface area contributed by atoms with Gasteiger partial charge in [0.05, 0.1) is 4.90 Å². The second-order valence-electron chi connectivity index (χ2n) is 6.37. The van der Waals surface area contributed by atoms with Gasteiger partial charge in [-0.05, 0) is 68.4 Å². The largest absolute Gasteiger partial charge is 0.424 e. The van der Waals surface area contributed by atoms with Crippen LogP contribution in [0.4, 0.5) is 11.4 Å². The van der Waals surface area contributed by atoms with E-state index in [4.69, 9.17) is 4.74 Å². The van der Waals surface area contributed by atoms with Gasteiger partial charge in [-0.2, -0.15) is 0 Å². The topological polar surface area (TPSA) is 110 Å². The fourth-order valence-corrected chi connectivity index (χ4v) is 3.63. The number of anilines is 2. The maximum absolute atomic E-state index is 12.5. The van der Waals surface area contributed by atoms with E-state index in [0.29, 0.717) is 17.1 Å². The average Bonchev–Trinajstić information content (AvgIpc) is 2.62. The number of carbonyl (C=O) groups is 1. The lowest BCUT2D eigenvalue weighted by Gasteiger charge is -2.10. The summed E-state index contributed by atoms with van der Waals surface area (Å²) in [6.45, 7) is 5.08. The maximum atomic E-state index is 12.5. The lowest BCUT2D eigenvalue weighted by Crippen LogP contribution is -2.13. The molecule has 3 aromatic rings. The van der Waals surface area contributed by atoms with E-state index in [1.165, 1.54) is 31.2 Å². The molecule has 0 aliphatic carbocycles. The predicted molar refractivity (Wildman–Crippen MR) is 110 cm³/mol. The van der Waals surface area contributed by atoms with Gasteiger partial charge in [0, 0.05) is 29.7 Å². The monoisotopic (exact) mass is 412 g/mol. The van der Waals surface area contributed by atoms with Crippen molar-refractivity contribution in [1.29, 1.82) is 0 Å². The Morgan fingerprint density at radius 1 is 0.897 bits per heavy atom. The Labute approximate surface area is 169 Å². The van der Waals surface area contributed by atoms with Crippen LogP contribution in [0, 0.1) is 13.8 Å². The Hall–Kier alpha value is -3.46. The lowest BCUT2D eigenvalue weighted by atomic mass is 10.3. The Morgan fingerprint density at radius 2 is 1.45 bits per heavy atom. The zero-order chi connectivity index (χ0) is 21.0. The molecule has 1 aromatic heterocycles. The summed E-state index contributed by atoms with van der Waals surface area (Å²) in [5.74, 6) is 0.255. The molecule has 0 fully saturated rings. The van der Waals surface area contributed by atoms with Crippen LogP contribution < -0.4 is 14.8 Å². The molecule has 1 amide bonds. The minimum absolute atomic E-state index is 0.0792. The van der Waals surface area contributed by atoms with Crippen LogP contribution in [0.2, 0.25) is 0 Å². The van der Waals surface area contributed by atoms with E-state index in [1.54, 1.807) is 24.3 Å². The second-order valence-corrected chi connectivity index (χ2v) is 8.05. The molecular formula is C20H20N4O4S. The number of rotatable bonds is 6. The summed E-state index contributed by atoms with van der Waals surface area (Å²) in [5, 5.41) is 2.59. The first kappa shape index (κ1) is 20.3. The van der Waals surface area contributed by atoms with Crippen LogP contribution in [0.15, 0.2) is 59.5 Å². The van der Waals surface area contributed by atoms with Gasteiger partial charge in [0.15, 0.2) is 0 Å². The van der Waals surface area contributed by atoms with E-state index in [9.17, 15) is 13.2 Å². The SMILES string of the molecule is CC(=O)Nc1ccc(S(=O)(=O)Nc2ccc(Oc3nc(C)cc(C)n3)cc2)cc1. The van der Waals surface area contributed by atoms with Gasteiger partial charge >= 0.3 is 6.01 Å². The molecule has 1 heterocycles. The zero-order valence-corrected chi connectivity index (χ0v) is 16.9. The molecule has 0 spiro atoms. The van der Waals surface area contributed by atoms with Crippen molar-refractivity contribution in [3.05, 3.63) is 66.0 Å². The number of nitrogens with zero attached hydrogens (tertiary/aromatic N) is 2. The van der Waals surface area contributed by atoms with Gasteiger partial charge < -0.3 is 10.1 Å². The molecule has 0 saturated heterocycles. The molecule has 3 rings (SSSR count). The summed E-state index contributed by atoms with van der Waals surface area (Å²) < 4.78 is 33.2.